The normalized spacial score (nSPS) is 10.2. The molecule has 0 atom stereocenters. The summed E-state index contributed by atoms with van der Waals surface area (Å²) in [6, 6.07) is -0.386. The molecular formula is C10H16N2O3. The predicted octanol–water partition coefficient (Wildman–Crippen LogP) is 0.562. The maximum absolute atomic E-state index is 11.2. The Labute approximate surface area is 89.2 Å². The zero-order valence-corrected chi connectivity index (χ0v) is 8.96. The number of hydrogen-bond donors (Lipinski definition) is 3. The Bertz CT molecular complexity index is 279. The highest BCUT2D eigenvalue weighted by Crippen LogP contribution is 1.97. The van der Waals surface area contributed by atoms with E-state index in [4.69, 9.17) is 11.5 Å². The molecule has 15 heavy (non-hydrogen) atoms. The van der Waals surface area contributed by atoms with Crippen LogP contribution in [0, 0.1) is 12.3 Å². The molecule has 0 aliphatic carbocycles. The second-order valence-electron chi connectivity index (χ2n) is 3.65. The van der Waals surface area contributed by atoms with Gasteiger partial charge < -0.3 is 15.7 Å². The fraction of sp³-hybridized carbons (Fsp3) is 0.600. The molecule has 84 valence electrons. The van der Waals surface area contributed by atoms with E-state index < -0.39 is 11.5 Å². The monoisotopic (exact) mass is 212 g/mol. The van der Waals surface area contributed by atoms with Gasteiger partial charge in [0.15, 0.2) is 0 Å². The molecule has 0 radical (unpaired) electrons. The first-order valence-electron chi connectivity index (χ1n) is 4.63. The van der Waals surface area contributed by atoms with Crippen molar-refractivity contribution in [1.29, 1.82) is 0 Å². The zero-order chi connectivity index (χ0) is 11.9. The van der Waals surface area contributed by atoms with E-state index in [2.05, 4.69) is 16.6 Å². The van der Waals surface area contributed by atoms with E-state index in [1.54, 1.807) is 13.8 Å². The molecule has 0 saturated heterocycles. The lowest BCUT2D eigenvalue weighted by Crippen LogP contribution is -2.47. The van der Waals surface area contributed by atoms with E-state index in [0.29, 0.717) is 13.0 Å². The Hall–Kier alpha value is -1.70. The van der Waals surface area contributed by atoms with Crippen molar-refractivity contribution in [2.24, 2.45) is 0 Å². The van der Waals surface area contributed by atoms with Gasteiger partial charge in [0, 0.05) is 13.0 Å². The maximum atomic E-state index is 11.2. The number of urea groups is 1. The second kappa shape index (κ2) is 5.91. The van der Waals surface area contributed by atoms with Crippen LogP contribution in [0.15, 0.2) is 0 Å². The fourth-order valence-electron chi connectivity index (χ4n) is 0.806. The number of terminal acetylenes is 1. The number of hydrogen-bond acceptors (Lipinski definition) is 2. The van der Waals surface area contributed by atoms with Gasteiger partial charge in [0.1, 0.15) is 0 Å². The van der Waals surface area contributed by atoms with Crippen LogP contribution in [0.3, 0.4) is 0 Å². The van der Waals surface area contributed by atoms with Crippen molar-refractivity contribution in [2.45, 2.75) is 32.2 Å². The van der Waals surface area contributed by atoms with E-state index in [1.807, 2.05) is 0 Å². The molecule has 0 bridgehead atoms. The summed E-state index contributed by atoms with van der Waals surface area (Å²) in [5.41, 5.74) is -0.698. The Balaban J connectivity index is 3.68. The number of carbonyl (C=O) groups is 2. The van der Waals surface area contributed by atoms with Gasteiger partial charge in [-0.1, -0.05) is 5.92 Å². The van der Waals surface area contributed by atoms with E-state index >= 15 is 0 Å². The summed E-state index contributed by atoms with van der Waals surface area (Å²) in [6.07, 6.45) is 5.62. The first kappa shape index (κ1) is 13.3. The van der Waals surface area contributed by atoms with E-state index in [0.717, 1.165) is 0 Å². The third-order valence-corrected chi connectivity index (χ3v) is 1.64. The summed E-state index contributed by atoms with van der Waals surface area (Å²) >= 11 is 0. The van der Waals surface area contributed by atoms with Gasteiger partial charge in [-0.15, -0.1) is 6.42 Å². The van der Waals surface area contributed by atoms with Crippen molar-refractivity contribution in [2.75, 3.05) is 6.54 Å². The van der Waals surface area contributed by atoms with Crippen LogP contribution >= 0.6 is 0 Å². The summed E-state index contributed by atoms with van der Waals surface area (Å²) in [4.78, 5) is 21.4. The highest BCUT2D eigenvalue weighted by atomic mass is 16.4. The number of nitrogens with one attached hydrogen (secondary N) is 2. The van der Waals surface area contributed by atoms with Crippen molar-refractivity contribution in [1.82, 2.24) is 10.6 Å². The van der Waals surface area contributed by atoms with Crippen LogP contribution < -0.4 is 10.6 Å². The molecule has 0 fully saturated rings. The molecule has 0 heterocycles. The minimum Gasteiger partial charge on any atom is -0.481 e. The van der Waals surface area contributed by atoms with Gasteiger partial charge in [0.25, 0.3) is 0 Å². The summed E-state index contributed by atoms with van der Waals surface area (Å²) in [5, 5.41) is 13.4. The van der Waals surface area contributed by atoms with Crippen molar-refractivity contribution < 1.29 is 14.7 Å². The Morgan fingerprint density at radius 2 is 2.07 bits per heavy atom. The van der Waals surface area contributed by atoms with Crippen LogP contribution in [-0.4, -0.2) is 29.2 Å². The van der Waals surface area contributed by atoms with Crippen LogP contribution in [-0.2, 0) is 4.79 Å². The Morgan fingerprint density at radius 3 is 2.53 bits per heavy atom. The average molecular weight is 212 g/mol. The quantitative estimate of drug-likeness (QED) is 0.460. The first-order valence-corrected chi connectivity index (χ1v) is 4.63. The molecular weight excluding hydrogens is 196 g/mol. The minimum absolute atomic E-state index is 0.0405. The molecule has 0 aliphatic rings. The van der Waals surface area contributed by atoms with Gasteiger partial charge in [-0.05, 0) is 20.3 Å². The standard InChI is InChI=1S/C10H16N2O3/c1-4-10(2,3)12-9(15)11-7-5-6-8(13)14/h1H,5-7H2,2-3H3,(H,13,14)(H2,11,12,15). The van der Waals surface area contributed by atoms with Crippen LogP contribution in [0.5, 0.6) is 0 Å². The fourth-order valence-corrected chi connectivity index (χ4v) is 0.806. The van der Waals surface area contributed by atoms with Gasteiger partial charge in [0.2, 0.25) is 0 Å². The molecule has 0 unspecified atom stereocenters. The molecule has 0 aromatic carbocycles. The second-order valence-corrected chi connectivity index (χ2v) is 3.65. The topological polar surface area (TPSA) is 78.4 Å². The Kier molecular flexibility index (Phi) is 5.24. The van der Waals surface area contributed by atoms with Gasteiger partial charge in [-0.3, -0.25) is 4.79 Å². The predicted molar refractivity (Wildman–Crippen MR) is 56.3 cm³/mol. The first-order chi connectivity index (χ1) is 6.87. The summed E-state index contributed by atoms with van der Waals surface area (Å²) in [6.45, 7) is 3.71. The molecule has 0 aromatic rings. The Morgan fingerprint density at radius 1 is 1.47 bits per heavy atom. The smallest absolute Gasteiger partial charge is 0.315 e. The lowest BCUT2D eigenvalue weighted by Gasteiger charge is -2.19. The summed E-state index contributed by atoms with van der Waals surface area (Å²) in [7, 11) is 0. The molecule has 0 saturated carbocycles. The molecule has 5 heteroatoms. The molecule has 0 rings (SSSR count). The number of carboxylic acids is 1. The van der Waals surface area contributed by atoms with Gasteiger partial charge in [-0.2, -0.15) is 0 Å². The third kappa shape index (κ3) is 7.38. The van der Waals surface area contributed by atoms with E-state index in [-0.39, 0.29) is 12.5 Å². The van der Waals surface area contributed by atoms with Crippen LogP contribution in [0.4, 0.5) is 4.79 Å². The zero-order valence-electron chi connectivity index (χ0n) is 8.96. The largest absolute Gasteiger partial charge is 0.481 e. The lowest BCUT2D eigenvalue weighted by atomic mass is 10.1. The maximum Gasteiger partial charge on any atom is 0.315 e. The molecule has 0 aromatic heterocycles. The third-order valence-electron chi connectivity index (χ3n) is 1.64. The molecule has 5 nitrogen and oxygen atoms in total. The number of carboxylic acid groups (broad SMARTS) is 1. The van der Waals surface area contributed by atoms with Crippen molar-refractivity contribution in [3.63, 3.8) is 0 Å². The molecule has 2 amide bonds. The number of rotatable bonds is 5. The SMILES string of the molecule is C#CC(C)(C)NC(=O)NCCCC(=O)O. The van der Waals surface area contributed by atoms with Gasteiger partial charge >= 0.3 is 12.0 Å². The lowest BCUT2D eigenvalue weighted by molar-refractivity contribution is -0.137. The summed E-state index contributed by atoms with van der Waals surface area (Å²) < 4.78 is 0. The van der Waals surface area contributed by atoms with Crippen LogP contribution in [0.25, 0.3) is 0 Å². The van der Waals surface area contributed by atoms with Crippen LogP contribution in [0.1, 0.15) is 26.7 Å². The average Bonchev–Trinajstić information content (AvgIpc) is 2.11. The van der Waals surface area contributed by atoms with Crippen LogP contribution in [0.2, 0.25) is 0 Å². The van der Waals surface area contributed by atoms with E-state index in [1.165, 1.54) is 0 Å². The number of aliphatic carboxylic acids is 1. The molecule has 0 aliphatic heterocycles. The van der Waals surface area contributed by atoms with Crippen molar-refractivity contribution in [3.05, 3.63) is 0 Å². The highest BCUT2D eigenvalue weighted by Gasteiger charge is 2.15. The van der Waals surface area contributed by atoms with E-state index in [9.17, 15) is 9.59 Å². The summed E-state index contributed by atoms with van der Waals surface area (Å²) in [5.74, 6) is 1.54. The number of carbonyl (C=O) groups excluding carboxylic acids is 1. The van der Waals surface area contributed by atoms with Gasteiger partial charge in [-0.25, -0.2) is 4.79 Å². The van der Waals surface area contributed by atoms with Crippen molar-refractivity contribution in [3.8, 4) is 12.3 Å². The highest BCUT2D eigenvalue weighted by molar-refractivity contribution is 5.75. The number of amides is 2. The molecule has 3 N–H and O–H groups in total. The molecule has 0 spiro atoms. The van der Waals surface area contributed by atoms with Crippen molar-refractivity contribution >= 4 is 12.0 Å². The van der Waals surface area contributed by atoms with Gasteiger partial charge in [0.05, 0.1) is 5.54 Å². The minimum atomic E-state index is -0.874.